The van der Waals surface area contributed by atoms with Crippen molar-refractivity contribution in [2.24, 2.45) is 4.99 Å². The van der Waals surface area contributed by atoms with Gasteiger partial charge in [-0.05, 0) is 42.2 Å². The van der Waals surface area contributed by atoms with E-state index in [9.17, 15) is 23.2 Å². The van der Waals surface area contributed by atoms with Crippen LogP contribution in [0.2, 0.25) is 0 Å². The summed E-state index contributed by atoms with van der Waals surface area (Å²) in [6.45, 7) is 9.35. The second kappa shape index (κ2) is 11.6. The van der Waals surface area contributed by atoms with Gasteiger partial charge in [0.25, 0.3) is 0 Å². The van der Waals surface area contributed by atoms with Gasteiger partial charge in [0, 0.05) is 14.0 Å². The van der Waals surface area contributed by atoms with Crippen LogP contribution < -0.4 is 5.32 Å². The van der Waals surface area contributed by atoms with E-state index >= 15 is 0 Å². The lowest BCUT2D eigenvalue weighted by Crippen LogP contribution is -2.29. The van der Waals surface area contributed by atoms with Gasteiger partial charge < -0.3 is 5.32 Å². The lowest BCUT2D eigenvalue weighted by Gasteiger charge is -2.14. The van der Waals surface area contributed by atoms with Crippen molar-refractivity contribution in [1.82, 2.24) is 5.32 Å². The van der Waals surface area contributed by atoms with E-state index in [1.165, 1.54) is 6.08 Å². The summed E-state index contributed by atoms with van der Waals surface area (Å²) in [4.78, 5) is 15.8. The highest BCUT2D eigenvalue weighted by molar-refractivity contribution is 6.07. The molecule has 0 atom stereocenters. The Hall–Kier alpha value is -3.40. The van der Waals surface area contributed by atoms with Crippen LogP contribution in [0.25, 0.3) is 0 Å². The van der Waals surface area contributed by atoms with Crippen LogP contribution in [0.5, 0.6) is 0 Å². The molecular weight excluding hydrogens is 391 g/mol. The van der Waals surface area contributed by atoms with E-state index in [2.05, 4.69) is 29.9 Å². The predicted molar refractivity (Wildman–Crippen MR) is 114 cm³/mol. The number of benzene rings is 2. The molecule has 7 heteroatoms. The monoisotopic (exact) mass is 415 g/mol. The topological polar surface area (TPSA) is 65.2 Å². The third-order valence-electron chi connectivity index (χ3n) is 3.86. The van der Waals surface area contributed by atoms with Crippen LogP contribution in [0.4, 0.5) is 13.2 Å². The molecule has 2 aromatic carbocycles. The van der Waals surface area contributed by atoms with Crippen LogP contribution in [0.3, 0.4) is 0 Å². The summed E-state index contributed by atoms with van der Waals surface area (Å²) in [6.07, 6.45) is -2.37. The Bertz CT molecular complexity index is 940. The average Bonchev–Trinajstić information content (AvgIpc) is 2.69. The molecule has 4 nitrogen and oxygen atoms in total. The lowest BCUT2D eigenvalue weighted by atomic mass is 9.92. The summed E-state index contributed by atoms with van der Waals surface area (Å²) in [5.41, 5.74) is 5.04. The Kier molecular flexibility index (Phi) is 9.50. The van der Waals surface area contributed by atoms with E-state index in [0.717, 1.165) is 22.3 Å². The van der Waals surface area contributed by atoms with Crippen LogP contribution in [0, 0.1) is 25.2 Å². The number of aliphatic imine (C=N–C) groups is 1. The number of hydrogen-bond donors (Lipinski definition) is 1. The van der Waals surface area contributed by atoms with E-state index in [-0.39, 0.29) is 13.9 Å². The van der Waals surface area contributed by atoms with Crippen molar-refractivity contribution in [3.63, 3.8) is 0 Å². The molecule has 0 saturated heterocycles. The summed E-state index contributed by atoms with van der Waals surface area (Å²) >= 11 is 0. The third-order valence-corrected chi connectivity index (χ3v) is 3.86. The van der Waals surface area contributed by atoms with Crippen molar-refractivity contribution in [3.8, 4) is 6.07 Å². The number of nitrogens with zero attached hydrogens (tertiary/aromatic N) is 2. The van der Waals surface area contributed by atoms with Gasteiger partial charge in [-0.25, -0.2) is 0 Å². The molecule has 0 saturated carbocycles. The van der Waals surface area contributed by atoms with Crippen molar-refractivity contribution in [3.05, 3.63) is 96.8 Å². The van der Waals surface area contributed by atoms with Crippen molar-refractivity contribution in [2.75, 3.05) is 13.6 Å². The molecule has 0 spiro atoms. The molecule has 1 N–H and O–H groups in total. The van der Waals surface area contributed by atoms with Crippen LogP contribution in [0.1, 0.15) is 29.2 Å². The molecule has 0 aromatic heterocycles. The molecular formula is C23H24F3N3O. The number of nitrogens with one attached hydrogen (secondary N) is 1. The number of nitriles is 1. The van der Waals surface area contributed by atoms with Crippen LogP contribution in [0.15, 0.2) is 60.1 Å². The first-order valence-corrected chi connectivity index (χ1v) is 8.80. The van der Waals surface area contributed by atoms with Gasteiger partial charge >= 0.3 is 6.18 Å². The summed E-state index contributed by atoms with van der Waals surface area (Å²) in [5, 5.41) is 12.2. The van der Waals surface area contributed by atoms with Gasteiger partial charge in [0.15, 0.2) is 0 Å². The maximum absolute atomic E-state index is 11.5. The number of amides is 1. The Morgan fingerprint density at radius 2 is 1.87 bits per heavy atom. The molecule has 1 amide bonds. The summed E-state index contributed by atoms with van der Waals surface area (Å²) < 4.78 is 30.7. The number of rotatable bonds is 6. The van der Waals surface area contributed by atoms with Crippen molar-refractivity contribution < 1.29 is 19.4 Å². The standard InChI is InChI=1S/C21H20N3O.C2H2F3.H2/c1-4-20(25)24-14-19(23-3)21-17(6-5-7-18(21)13-22)12-16-10-8-15(2)9-11-16;1-2(3,4)5;/h4-11H,1-2,12,14H2,3H3,(H,24,25);1H2;1H. The fourth-order valence-corrected chi connectivity index (χ4v) is 2.58. The number of hydrogen-bond acceptors (Lipinski definition) is 3. The number of halogens is 3. The molecule has 2 rings (SSSR count). The van der Waals surface area contributed by atoms with Crippen LogP contribution in [-0.4, -0.2) is 31.4 Å². The van der Waals surface area contributed by atoms with E-state index in [4.69, 9.17) is 0 Å². The zero-order valence-corrected chi connectivity index (χ0v) is 16.6. The third kappa shape index (κ3) is 8.74. The second-order valence-corrected chi connectivity index (χ2v) is 6.15. The largest absolute Gasteiger partial charge is 0.389 e. The second-order valence-electron chi connectivity index (χ2n) is 6.15. The van der Waals surface area contributed by atoms with Gasteiger partial charge in [-0.15, -0.1) is 0 Å². The van der Waals surface area contributed by atoms with E-state index in [1.807, 2.05) is 36.4 Å². The number of alkyl halides is 3. The Morgan fingerprint density at radius 3 is 2.37 bits per heavy atom. The van der Waals surface area contributed by atoms with E-state index < -0.39 is 6.18 Å². The Balaban J connectivity index is 0.00000135. The quantitative estimate of drug-likeness (QED) is 0.550. The number of carbonyl (C=O) groups is 1. The molecule has 0 unspecified atom stereocenters. The fraction of sp³-hybridized carbons (Fsp3) is 0.174. The van der Waals surface area contributed by atoms with Crippen molar-refractivity contribution in [1.29, 1.82) is 5.26 Å². The molecule has 2 radical (unpaired) electrons. The first kappa shape index (κ1) is 24.6. The molecule has 0 aliphatic heterocycles. The van der Waals surface area contributed by atoms with Gasteiger partial charge in [0.05, 0.1) is 30.8 Å². The first-order valence-electron chi connectivity index (χ1n) is 8.80. The van der Waals surface area contributed by atoms with Gasteiger partial charge in [-0.2, -0.15) is 18.4 Å². The summed E-state index contributed by atoms with van der Waals surface area (Å²) in [5.74, 6) is -0.275. The summed E-state index contributed by atoms with van der Waals surface area (Å²) in [7, 11) is 1.66. The zero-order valence-electron chi connectivity index (χ0n) is 16.6. The predicted octanol–water partition coefficient (Wildman–Crippen LogP) is 4.68. The molecule has 30 heavy (non-hydrogen) atoms. The maximum Gasteiger partial charge on any atom is 0.389 e. The maximum atomic E-state index is 11.5. The average molecular weight is 415 g/mol. The molecule has 0 aliphatic carbocycles. The minimum absolute atomic E-state index is 0. The Morgan fingerprint density at radius 1 is 1.27 bits per heavy atom. The molecule has 2 aromatic rings. The highest BCUT2D eigenvalue weighted by atomic mass is 19.4. The normalized spacial score (nSPS) is 11.0. The molecule has 0 bridgehead atoms. The van der Waals surface area contributed by atoms with Crippen molar-refractivity contribution >= 4 is 11.6 Å². The lowest BCUT2D eigenvalue weighted by molar-refractivity contribution is -0.116. The minimum Gasteiger partial charge on any atom is -0.347 e. The molecule has 158 valence electrons. The number of carbonyl (C=O) groups excluding carboxylic acids is 1. The molecule has 0 fully saturated rings. The van der Waals surface area contributed by atoms with Gasteiger partial charge in [0.1, 0.15) is 0 Å². The SMILES string of the molecule is [CH2]C(F)(F)F.[CH2]c1ccc(Cc2cccc(C#N)c2C(CNC(=O)C=C)=NC)cc1.[HH]. The minimum atomic E-state index is -4.25. The molecule has 0 heterocycles. The van der Waals surface area contributed by atoms with Crippen LogP contribution in [-0.2, 0) is 11.2 Å². The zero-order chi connectivity index (χ0) is 22.7. The Labute approximate surface area is 176 Å². The van der Waals surface area contributed by atoms with Crippen molar-refractivity contribution in [2.45, 2.75) is 12.6 Å². The van der Waals surface area contributed by atoms with E-state index in [0.29, 0.717) is 17.7 Å². The smallest absolute Gasteiger partial charge is 0.347 e. The van der Waals surface area contributed by atoms with Gasteiger partial charge in [-0.3, -0.25) is 9.79 Å². The van der Waals surface area contributed by atoms with E-state index in [1.54, 1.807) is 20.0 Å². The summed E-state index contributed by atoms with van der Waals surface area (Å²) in [6, 6.07) is 15.8. The molecule has 0 aliphatic rings. The highest BCUT2D eigenvalue weighted by Gasteiger charge is 2.16. The highest BCUT2D eigenvalue weighted by Crippen LogP contribution is 2.20. The first-order chi connectivity index (χ1) is 14.1. The van der Waals surface area contributed by atoms with Crippen LogP contribution >= 0.6 is 0 Å². The van der Waals surface area contributed by atoms with Gasteiger partial charge in [0.2, 0.25) is 5.91 Å². The van der Waals surface area contributed by atoms with Gasteiger partial charge in [-0.1, -0.05) is 43.0 Å². The fourth-order valence-electron chi connectivity index (χ4n) is 2.58.